The Labute approximate surface area is 108 Å². The number of thiophene rings is 1. The van der Waals surface area contributed by atoms with Crippen LogP contribution in [-0.4, -0.2) is 22.4 Å². The molecule has 0 radical (unpaired) electrons. The first kappa shape index (κ1) is 12.0. The van der Waals surface area contributed by atoms with Crippen LogP contribution >= 0.6 is 22.9 Å². The second kappa shape index (κ2) is 5.75. The van der Waals surface area contributed by atoms with Crippen LogP contribution in [-0.2, 0) is 6.42 Å². The van der Waals surface area contributed by atoms with Crippen molar-refractivity contribution in [1.82, 2.24) is 15.3 Å². The van der Waals surface area contributed by atoms with Crippen LogP contribution in [0.2, 0.25) is 4.34 Å². The summed E-state index contributed by atoms with van der Waals surface area (Å²) < 4.78 is 0.617. The number of carbonyl (C=O) groups excluding carboxylic acids is 1. The molecule has 6 heteroatoms. The Balaban J connectivity index is 1.81. The van der Waals surface area contributed by atoms with E-state index < -0.39 is 0 Å². The van der Waals surface area contributed by atoms with Crippen molar-refractivity contribution >= 4 is 28.8 Å². The van der Waals surface area contributed by atoms with E-state index in [1.54, 1.807) is 24.5 Å². The van der Waals surface area contributed by atoms with Crippen LogP contribution in [0.3, 0.4) is 0 Å². The van der Waals surface area contributed by atoms with E-state index in [0.717, 1.165) is 5.56 Å². The lowest BCUT2D eigenvalue weighted by Gasteiger charge is -2.02. The van der Waals surface area contributed by atoms with Gasteiger partial charge < -0.3 is 5.32 Å². The van der Waals surface area contributed by atoms with Crippen molar-refractivity contribution in [2.24, 2.45) is 0 Å². The predicted molar refractivity (Wildman–Crippen MR) is 67.4 cm³/mol. The van der Waals surface area contributed by atoms with Crippen LogP contribution in [0.4, 0.5) is 0 Å². The molecule has 0 atom stereocenters. The number of nitrogens with one attached hydrogen (secondary N) is 1. The van der Waals surface area contributed by atoms with E-state index in [2.05, 4.69) is 15.3 Å². The molecule has 2 aromatic rings. The van der Waals surface area contributed by atoms with Crippen molar-refractivity contribution in [2.45, 2.75) is 6.42 Å². The highest BCUT2D eigenvalue weighted by molar-refractivity contribution is 7.17. The second-order valence-electron chi connectivity index (χ2n) is 3.36. The summed E-state index contributed by atoms with van der Waals surface area (Å²) in [7, 11) is 0. The van der Waals surface area contributed by atoms with Crippen molar-refractivity contribution in [3.63, 3.8) is 0 Å². The number of hydrogen-bond donors (Lipinski definition) is 1. The van der Waals surface area contributed by atoms with Gasteiger partial charge in [-0.2, -0.15) is 0 Å². The van der Waals surface area contributed by atoms with Crippen molar-refractivity contribution in [1.29, 1.82) is 0 Å². The minimum Gasteiger partial charge on any atom is -0.351 e. The minimum atomic E-state index is -0.0984. The molecule has 0 aromatic carbocycles. The van der Waals surface area contributed by atoms with E-state index in [4.69, 9.17) is 11.6 Å². The van der Waals surface area contributed by atoms with Gasteiger partial charge in [-0.05, 0) is 24.1 Å². The molecular formula is C11H10ClN3OS. The first-order valence-electron chi connectivity index (χ1n) is 5.03. The van der Waals surface area contributed by atoms with Crippen LogP contribution in [0.5, 0.6) is 0 Å². The maximum Gasteiger partial charge on any atom is 0.261 e. The topological polar surface area (TPSA) is 54.9 Å². The van der Waals surface area contributed by atoms with E-state index in [9.17, 15) is 4.79 Å². The monoisotopic (exact) mass is 267 g/mol. The van der Waals surface area contributed by atoms with E-state index in [0.29, 0.717) is 22.2 Å². The van der Waals surface area contributed by atoms with Crippen LogP contribution in [0, 0.1) is 0 Å². The number of aromatic nitrogens is 2. The molecular weight excluding hydrogens is 258 g/mol. The van der Waals surface area contributed by atoms with Gasteiger partial charge in [0.2, 0.25) is 0 Å². The van der Waals surface area contributed by atoms with Crippen molar-refractivity contribution in [3.8, 4) is 0 Å². The average molecular weight is 268 g/mol. The van der Waals surface area contributed by atoms with Crippen LogP contribution in [0.1, 0.15) is 15.2 Å². The van der Waals surface area contributed by atoms with Gasteiger partial charge in [-0.25, -0.2) is 9.97 Å². The third-order valence-corrected chi connectivity index (χ3v) is 3.34. The molecule has 0 aliphatic heterocycles. The fourth-order valence-corrected chi connectivity index (χ4v) is 2.26. The maximum atomic E-state index is 11.7. The fraction of sp³-hybridized carbons (Fsp3) is 0.182. The van der Waals surface area contributed by atoms with Gasteiger partial charge in [-0.15, -0.1) is 11.3 Å². The normalized spacial score (nSPS) is 10.2. The quantitative estimate of drug-likeness (QED) is 0.924. The first-order chi connectivity index (χ1) is 8.25. The zero-order valence-electron chi connectivity index (χ0n) is 8.89. The first-order valence-corrected chi connectivity index (χ1v) is 6.22. The summed E-state index contributed by atoms with van der Waals surface area (Å²) in [6, 6.07) is 3.43. The Hall–Kier alpha value is -1.46. The summed E-state index contributed by atoms with van der Waals surface area (Å²) >= 11 is 7.03. The fourth-order valence-electron chi connectivity index (χ4n) is 1.30. The Morgan fingerprint density at radius 2 is 2.12 bits per heavy atom. The molecule has 4 nitrogen and oxygen atoms in total. The molecule has 0 saturated carbocycles. The number of amides is 1. The highest BCUT2D eigenvalue weighted by Gasteiger charge is 2.07. The average Bonchev–Trinajstić information content (AvgIpc) is 2.77. The molecule has 0 fully saturated rings. The summed E-state index contributed by atoms with van der Waals surface area (Å²) in [5.74, 6) is -0.0984. The molecule has 2 rings (SSSR count). The lowest BCUT2D eigenvalue weighted by atomic mass is 10.2. The Bertz CT molecular complexity index is 500. The summed E-state index contributed by atoms with van der Waals surface area (Å²) in [5, 5.41) is 2.82. The largest absolute Gasteiger partial charge is 0.351 e. The molecule has 0 bridgehead atoms. The summed E-state index contributed by atoms with van der Waals surface area (Å²) in [5.41, 5.74) is 0.997. The van der Waals surface area contributed by atoms with Gasteiger partial charge in [0, 0.05) is 18.9 Å². The number of rotatable bonds is 4. The molecule has 0 saturated heterocycles. The molecule has 2 aromatic heterocycles. The zero-order valence-corrected chi connectivity index (χ0v) is 10.5. The smallest absolute Gasteiger partial charge is 0.261 e. The number of carbonyl (C=O) groups is 1. The van der Waals surface area contributed by atoms with Gasteiger partial charge in [0.15, 0.2) is 0 Å². The summed E-state index contributed by atoms with van der Waals surface area (Å²) in [6.45, 7) is 0.557. The van der Waals surface area contributed by atoms with Crippen LogP contribution in [0.15, 0.2) is 30.9 Å². The SMILES string of the molecule is O=C(NCCc1cncnc1)c1ccc(Cl)s1. The van der Waals surface area contributed by atoms with Crippen LogP contribution < -0.4 is 5.32 Å². The van der Waals surface area contributed by atoms with Crippen molar-refractivity contribution in [2.75, 3.05) is 6.54 Å². The molecule has 0 aliphatic carbocycles. The van der Waals surface area contributed by atoms with Gasteiger partial charge in [0.25, 0.3) is 5.91 Å². The molecule has 0 aliphatic rings. The van der Waals surface area contributed by atoms with E-state index in [-0.39, 0.29) is 5.91 Å². The number of nitrogens with zero attached hydrogens (tertiary/aromatic N) is 2. The molecule has 0 unspecified atom stereocenters. The summed E-state index contributed by atoms with van der Waals surface area (Å²) in [4.78, 5) is 20.1. The van der Waals surface area contributed by atoms with Gasteiger partial charge in [-0.3, -0.25) is 4.79 Å². The number of hydrogen-bond acceptors (Lipinski definition) is 4. The standard InChI is InChI=1S/C11H10ClN3OS/c12-10-2-1-9(17-10)11(16)15-4-3-8-5-13-7-14-6-8/h1-2,5-7H,3-4H2,(H,15,16). The zero-order chi connectivity index (χ0) is 12.1. The maximum absolute atomic E-state index is 11.7. The van der Waals surface area contributed by atoms with Gasteiger partial charge >= 0.3 is 0 Å². The third kappa shape index (κ3) is 3.51. The summed E-state index contributed by atoms with van der Waals surface area (Å²) in [6.07, 6.45) is 5.67. The highest BCUT2D eigenvalue weighted by atomic mass is 35.5. The molecule has 1 amide bonds. The van der Waals surface area contributed by atoms with Gasteiger partial charge in [0.1, 0.15) is 6.33 Å². The third-order valence-electron chi connectivity index (χ3n) is 2.11. The minimum absolute atomic E-state index is 0.0984. The Morgan fingerprint density at radius 3 is 2.76 bits per heavy atom. The molecule has 1 N–H and O–H groups in total. The lowest BCUT2D eigenvalue weighted by molar-refractivity contribution is 0.0958. The number of halogens is 1. The van der Waals surface area contributed by atoms with Crippen molar-refractivity contribution < 1.29 is 4.79 Å². The van der Waals surface area contributed by atoms with Gasteiger partial charge in [0.05, 0.1) is 9.21 Å². The molecule has 17 heavy (non-hydrogen) atoms. The molecule has 88 valence electrons. The van der Waals surface area contributed by atoms with E-state index in [1.807, 2.05) is 0 Å². The second-order valence-corrected chi connectivity index (χ2v) is 5.07. The Kier molecular flexibility index (Phi) is 4.06. The predicted octanol–water partition coefficient (Wildman–Crippen LogP) is 2.16. The van der Waals surface area contributed by atoms with E-state index in [1.165, 1.54) is 17.7 Å². The lowest BCUT2D eigenvalue weighted by Crippen LogP contribution is -2.24. The van der Waals surface area contributed by atoms with E-state index >= 15 is 0 Å². The van der Waals surface area contributed by atoms with Crippen LogP contribution in [0.25, 0.3) is 0 Å². The molecule has 0 spiro atoms. The van der Waals surface area contributed by atoms with Crippen molar-refractivity contribution in [3.05, 3.63) is 45.6 Å². The highest BCUT2D eigenvalue weighted by Crippen LogP contribution is 2.20. The molecule has 2 heterocycles. The Morgan fingerprint density at radius 1 is 1.35 bits per heavy atom. The van der Waals surface area contributed by atoms with Gasteiger partial charge in [-0.1, -0.05) is 11.6 Å².